The summed E-state index contributed by atoms with van der Waals surface area (Å²) in [7, 11) is 0. The summed E-state index contributed by atoms with van der Waals surface area (Å²) in [5.41, 5.74) is 17.9. The molecule has 67 heavy (non-hydrogen) atoms. The molecule has 314 valence electrons. The fourth-order valence-corrected chi connectivity index (χ4v) is 9.10. The molecule has 7 heteroatoms. The molecule has 0 saturated carbocycles. The van der Waals surface area contributed by atoms with Gasteiger partial charge in [0.05, 0.1) is 0 Å². The van der Waals surface area contributed by atoms with Crippen molar-refractivity contribution in [3.05, 3.63) is 232 Å². The number of hydrogen-bond donors (Lipinski definition) is 0. The van der Waals surface area contributed by atoms with E-state index in [0.29, 0.717) is 0 Å². The molecule has 0 aliphatic carbocycles. The van der Waals surface area contributed by atoms with Crippen LogP contribution in [0.15, 0.2) is 213 Å². The van der Waals surface area contributed by atoms with Crippen LogP contribution in [-0.2, 0) is 20.1 Å². The Morgan fingerprint density at radius 1 is 0.313 bits per heavy atom. The SMILES string of the molecule is [Ir+3].[c-]1ccncc1-c1ccc(-c2ccccc2-c2cc(-c3ccccc3-c3ccc(-c4[c-]ccnc4)nc3)cc(-c3ccccc3-c3cnc4c5[c-]ccnc5c5ccccc5c4c3)c2)cn1. The van der Waals surface area contributed by atoms with Crippen LogP contribution < -0.4 is 0 Å². The summed E-state index contributed by atoms with van der Waals surface area (Å²) in [6, 6.07) is 67.2. The third-order valence-corrected chi connectivity index (χ3v) is 12.2. The van der Waals surface area contributed by atoms with E-state index in [1.165, 1.54) is 0 Å². The Morgan fingerprint density at radius 2 is 0.746 bits per heavy atom. The van der Waals surface area contributed by atoms with E-state index in [4.69, 9.17) is 19.9 Å². The number of hydrogen-bond acceptors (Lipinski definition) is 6. The summed E-state index contributed by atoms with van der Waals surface area (Å²) in [4.78, 5) is 28.2. The molecule has 12 rings (SSSR count). The van der Waals surface area contributed by atoms with Gasteiger partial charge in [-0.15, -0.1) is 47.5 Å². The fourth-order valence-electron chi connectivity index (χ4n) is 9.10. The molecule has 0 aliphatic rings. The predicted octanol–water partition coefficient (Wildman–Crippen LogP) is 14.3. The number of nitrogens with zero attached hydrogens (tertiary/aromatic N) is 6. The first kappa shape index (κ1) is 41.4. The number of rotatable bonds is 8. The number of fused-ring (bicyclic) bond motifs is 6. The molecule has 0 unspecified atom stereocenters. The monoisotopic (exact) mass is 1030 g/mol. The average molecular weight is 1030 g/mol. The molecule has 0 fully saturated rings. The molecule has 0 radical (unpaired) electrons. The molecule has 0 saturated heterocycles. The van der Waals surface area contributed by atoms with Crippen molar-refractivity contribution < 1.29 is 20.1 Å². The summed E-state index contributed by atoms with van der Waals surface area (Å²) in [5, 5.41) is 4.17. The zero-order chi connectivity index (χ0) is 43.8. The Balaban J connectivity index is 0.00000494. The van der Waals surface area contributed by atoms with Crippen LogP contribution in [0.4, 0.5) is 0 Å². The zero-order valence-electron chi connectivity index (χ0n) is 35.7. The fraction of sp³-hybridized carbons (Fsp3) is 0. The molecular formula is C60H35IrN6. The van der Waals surface area contributed by atoms with Crippen molar-refractivity contribution in [2.24, 2.45) is 0 Å². The van der Waals surface area contributed by atoms with E-state index in [1.807, 2.05) is 48.9 Å². The Hall–Kier alpha value is -8.35. The molecule has 12 aromatic rings. The van der Waals surface area contributed by atoms with E-state index < -0.39 is 0 Å². The van der Waals surface area contributed by atoms with Crippen LogP contribution >= 0.6 is 0 Å². The van der Waals surface area contributed by atoms with E-state index in [1.54, 1.807) is 31.0 Å². The number of benzene rings is 6. The molecule has 0 bridgehead atoms. The minimum absolute atomic E-state index is 0. The van der Waals surface area contributed by atoms with Crippen molar-refractivity contribution >= 4 is 32.6 Å². The summed E-state index contributed by atoms with van der Waals surface area (Å²) in [6.45, 7) is 0. The third-order valence-electron chi connectivity index (χ3n) is 12.2. The van der Waals surface area contributed by atoms with Gasteiger partial charge >= 0.3 is 20.1 Å². The minimum atomic E-state index is 0. The predicted molar refractivity (Wildman–Crippen MR) is 266 cm³/mol. The number of aromatic nitrogens is 6. The summed E-state index contributed by atoms with van der Waals surface area (Å²) >= 11 is 0. The molecule has 6 heterocycles. The first-order chi connectivity index (χ1) is 32.7. The van der Waals surface area contributed by atoms with Crippen LogP contribution in [0.1, 0.15) is 0 Å². The Morgan fingerprint density at radius 3 is 1.22 bits per heavy atom. The molecular weight excluding hydrogens is 997 g/mol. The standard InChI is InChI=1S/C60H35N6.Ir/c1-3-16-49(47(14-1)39-23-25-57(64-36-39)41-12-9-27-61-34-41)43-30-44(50-17-4-2-15-48(50)40-24-26-58(65-37-40)42-13-10-28-62-35-42)32-45(31-43)51-18-5-6-19-52(51)46-33-56-53-20-7-8-21-54(53)59-55(22-11-29-63-59)60(56)66-38-46;/h1-11,14-21,23-38H;/q-3;+3. The van der Waals surface area contributed by atoms with Crippen molar-refractivity contribution in [2.45, 2.75) is 0 Å². The van der Waals surface area contributed by atoms with Crippen LogP contribution in [0, 0.1) is 18.2 Å². The number of pyridine rings is 6. The van der Waals surface area contributed by atoms with E-state index >= 15 is 0 Å². The second-order valence-electron chi connectivity index (χ2n) is 16.1. The summed E-state index contributed by atoms with van der Waals surface area (Å²) in [5.74, 6) is 0. The van der Waals surface area contributed by atoms with Crippen LogP contribution in [0.2, 0.25) is 0 Å². The molecule has 0 N–H and O–H groups in total. The maximum atomic E-state index is 5.15. The molecule has 0 aliphatic heterocycles. The van der Waals surface area contributed by atoms with Gasteiger partial charge in [-0.1, -0.05) is 164 Å². The minimum Gasteiger partial charge on any atom is -0.360 e. The van der Waals surface area contributed by atoms with Gasteiger partial charge in [-0.25, -0.2) is 0 Å². The molecule has 6 aromatic carbocycles. The van der Waals surface area contributed by atoms with E-state index in [9.17, 15) is 0 Å². The molecule has 6 aromatic heterocycles. The van der Waals surface area contributed by atoms with Crippen LogP contribution in [0.3, 0.4) is 0 Å². The first-order valence-electron chi connectivity index (χ1n) is 21.7. The molecule has 0 atom stereocenters. The second kappa shape index (κ2) is 17.9. The van der Waals surface area contributed by atoms with Gasteiger partial charge in [0.1, 0.15) is 0 Å². The van der Waals surface area contributed by atoms with E-state index in [0.717, 1.165) is 122 Å². The van der Waals surface area contributed by atoms with Gasteiger partial charge in [-0.2, -0.15) is 0 Å². The van der Waals surface area contributed by atoms with E-state index in [2.05, 4.69) is 162 Å². The average Bonchev–Trinajstić information content (AvgIpc) is 3.41. The topological polar surface area (TPSA) is 77.3 Å². The largest absolute Gasteiger partial charge is 3.00 e. The van der Waals surface area contributed by atoms with E-state index in [-0.39, 0.29) is 20.1 Å². The second-order valence-corrected chi connectivity index (χ2v) is 16.1. The van der Waals surface area contributed by atoms with Crippen molar-refractivity contribution in [1.29, 1.82) is 0 Å². The van der Waals surface area contributed by atoms with Gasteiger partial charge in [0.2, 0.25) is 0 Å². The third kappa shape index (κ3) is 7.76. The van der Waals surface area contributed by atoms with Gasteiger partial charge in [-0.05, 0) is 124 Å². The van der Waals surface area contributed by atoms with Crippen molar-refractivity contribution in [3.63, 3.8) is 0 Å². The Bertz CT molecular complexity index is 3570. The normalized spacial score (nSPS) is 11.2. The Kier molecular flexibility index (Phi) is 11.1. The summed E-state index contributed by atoms with van der Waals surface area (Å²) in [6.07, 6.45) is 14.7. The quantitative estimate of drug-likeness (QED) is 0.111. The van der Waals surface area contributed by atoms with Crippen LogP contribution in [0.25, 0.3) is 122 Å². The molecule has 0 amide bonds. The van der Waals surface area contributed by atoms with Crippen molar-refractivity contribution in [2.75, 3.05) is 0 Å². The Labute approximate surface area is 401 Å². The van der Waals surface area contributed by atoms with Gasteiger partial charge in [0.25, 0.3) is 0 Å². The molecule has 6 nitrogen and oxygen atoms in total. The van der Waals surface area contributed by atoms with Gasteiger partial charge in [0.15, 0.2) is 0 Å². The van der Waals surface area contributed by atoms with Gasteiger partial charge in [-0.3, -0.25) is 0 Å². The van der Waals surface area contributed by atoms with Crippen LogP contribution in [0.5, 0.6) is 0 Å². The smallest absolute Gasteiger partial charge is 0.360 e. The van der Waals surface area contributed by atoms with Gasteiger partial charge in [0, 0.05) is 18.6 Å². The van der Waals surface area contributed by atoms with Crippen LogP contribution in [-0.4, -0.2) is 29.9 Å². The van der Waals surface area contributed by atoms with Crippen molar-refractivity contribution in [3.8, 4) is 89.3 Å². The molecule has 0 spiro atoms. The summed E-state index contributed by atoms with van der Waals surface area (Å²) < 4.78 is 0. The first-order valence-corrected chi connectivity index (χ1v) is 21.7. The maximum absolute atomic E-state index is 5.15. The van der Waals surface area contributed by atoms with Gasteiger partial charge < -0.3 is 29.9 Å². The maximum Gasteiger partial charge on any atom is 3.00 e. The van der Waals surface area contributed by atoms with Crippen molar-refractivity contribution in [1.82, 2.24) is 29.9 Å². The zero-order valence-corrected chi connectivity index (χ0v) is 38.1.